The molecule has 10 nitrogen and oxygen atoms in total. The van der Waals surface area contributed by atoms with Crippen LogP contribution < -0.4 is 10.2 Å². The van der Waals surface area contributed by atoms with Gasteiger partial charge in [0, 0.05) is 13.0 Å². The van der Waals surface area contributed by atoms with Crippen LogP contribution in [0.3, 0.4) is 0 Å². The van der Waals surface area contributed by atoms with E-state index >= 15 is 0 Å². The average Bonchev–Trinajstić information content (AvgIpc) is 3.73. The summed E-state index contributed by atoms with van der Waals surface area (Å²) >= 11 is 6.65. The monoisotopic (exact) mass is 677 g/mol. The Balaban J connectivity index is 1.50. The molecule has 3 heterocycles. The number of nitrogens with zero attached hydrogens (tertiary/aromatic N) is 2. The van der Waals surface area contributed by atoms with Crippen molar-refractivity contribution in [2.24, 2.45) is 11.8 Å². The van der Waals surface area contributed by atoms with Crippen molar-refractivity contribution in [3.8, 4) is 0 Å². The highest BCUT2D eigenvalue weighted by Crippen LogP contribution is 2.59. The molecular weight excluding hydrogens is 634 g/mol. The first kappa shape index (κ1) is 35.3. The van der Waals surface area contributed by atoms with Gasteiger partial charge in [-0.1, -0.05) is 73.1 Å². The fourth-order valence-corrected chi connectivity index (χ4v) is 7.98. The molecule has 0 aromatic heterocycles. The van der Waals surface area contributed by atoms with Crippen molar-refractivity contribution < 1.29 is 33.8 Å². The van der Waals surface area contributed by atoms with Crippen LogP contribution >= 0.6 is 11.6 Å². The van der Waals surface area contributed by atoms with E-state index in [0.29, 0.717) is 36.4 Å². The van der Waals surface area contributed by atoms with E-state index in [1.54, 1.807) is 24.3 Å². The quantitative estimate of drug-likeness (QED) is 0.207. The molecule has 11 heteroatoms. The molecule has 3 aliphatic rings. The maximum Gasteiger partial charge on any atom is 0.306 e. The molecule has 3 amide bonds. The van der Waals surface area contributed by atoms with Gasteiger partial charge in [0.2, 0.25) is 11.8 Å². The third-order valence-electron chi connectivity index (χ3n) is 9.87. The molecule has 3 saturated heterocycles. The zero-order valence-corrected chi connectivity index (χ0v) is 28.2. The third kappa shape index (κ3) is 6.41. The summed E-state index contributed by atoms with van der Waals surface area (Å²) in [5.74, 6) is -3.52. The highest BCUT2D eigenvalue weighted by atomic mass is 35.5. The van der Waals surface area contributed by atoms with E-state index in [1.807, 2.05) is 50.2 Å². The number of hydrogen-bond acceptors (Lipinski definition) is 7. The Hall–Kier alpha value is -3.99. The Bertz CT molecular complexity index is 1530. The van der Waals surface area contributed by atoms with Gasteiger partial charge >= 0.3 is 5.97 Å². The van der Waals surface area contributed by atoms with Gasteiger partial charge < -0.3 is 29.7 Å². The van der Waals surface area contributed by atoms with E-state index in [1.165, 1.54) is 9.80 Å². The van der Waals surface area contributed by atoms with Gasteiger partial charge in [-0.3, -0.25) is 19.2 Å². The highest BCUT2D eigenvalue weighted by molar-refractivity contribution is 6.34. The van der Waals surface area contributed by atoms with Gasteiger partial charge in [-0.25, -0.2) is 0 Å². The maximum atomic E-state index is 14.8. The number of esters is 1. The van der Waals surface area contributed by atoms with Crippen molar-refractivity contribution in [1.82, 2.24) is 10.2 Å². The lowest BCUT2D eigenvalue weighted by atomic mass is 9.70. The Morgan fingerprint density at radius 1 is 1.19 bits per heavy atom. The zero-order valence-electron chi connectivity index (χ0n) is 27.5. The number of nitrogens with one attached hydrogen (secondary N) is 1. The van der Waals surface area contributed by atoms with Crippen LogP contribution in [0.2, 0.25) is 5.02 Å². The molecule has 48 heavy (non-hydrogen) atoms. The first-order chi connectivity index (χ1) is 23.1. The lowest BCUT2D eigenvalue weighted by Crippen LogP contribution is -2.59. The van der Waals surface area contributed by atoms with Gasteiger partial charge in [-0.05, 0) is 49.8 Å². The summed E-state index contributed by atoms with van der Waals surface area (Å²) < 4.78 is 12.2. The Morgan fingerprint density at radius 2 is 1.94 bits per heavy atom. The fraction of sp³-hybridized carbons (Fsp3) is 0.459. The van der Waals surface area contributed by atoms with Crippen molar-refractivity contribution in [2.75, 3.05) is 24.7 Å². The molecule has 3 fully saturated rings. The second-order valence-electron chi connectivity index (χ2n) is 12.7. The van der Waals surface area contributed by atoms with Crippen LogP contribution in [0.25, 0.3) is 0 Å². The van der Waals surface area contributed by atoms with Gasteiger partial charge in [0.1, 0.15) is 18.2 Å². The number of hydrogen-bond donors (Lipinski definition) is 2. The average molecular weight is 678 g/mol. The van der Waals surface area contributed by atoms with Crippen LogP contribution in [-0.2, 0) is 28.7 Å². The van der Waals surface area contributed by atoms with Crippen LogP contribution in [0.4, 0.5) is 5.69 Å². The molecule has 5 rings (SSSR count). The molecule has 0 saturated carbocycles. The van der Waals surface area contributed by atoms with E-state index in [2.05, 4.69) is 18.5 Å². The molecule has 7 atom stereocenters. The molecular formula is C37H44ClN3O7. The van der Waals surface area contributed by atoms with Crippen molar-refractivity contribution >= 4 is 41.0 Å². The number of halogens is 1. The Morgan fingerprint density at radius 3 is 2.58 bits per heavy atom. The van der Waals surface area contributed by atoms with Crippen LogP contribution in [0.5, 0.6) is 0 Å². The number of ether oxygens (including phenoxy) is 2. The number of anilines is 1. The van der Waals surface area contributed by atoms with E-state index in [0.717, 1.165) is 11.1 Å². The van der Waals surface area contributed by atoms with Crippen molar-refractivity contribution in [3.63, 3.8) is 0 Å². The van der Waals surface area contributed by atoms with Gasteiger partial charge in [0.05, 0.1) is 47.3 Å². The van der Waals surface area contributed by atoms with E-state index in [4.69, 9.17) is 21.1 Å². The van der Waals surface area contributed by atoms with Crippen molar-refractivity contribution in [2.45, 2.75) is 75.8 Å². The van der Waals surface area contributed by atoms with E-state index in [9.17, 15) is 24.3 Å². The van der Waals surface area contributed by atoms with Crippen molar-refractivity contribution in [3.05, 3.63) is 90.0 Å². The van der Waals surface area contributed by atoms with Crippen LogP contribution in [-0.4, -0.2) is 77.2 Å². The highest BCUT2D eigenvalue weighted by Gasteiger charge is 2.75. The molecule has 2 aromatic carbocycles. The summed E-state index contributed by atoms with van der Waals surface area (Å²) in [6.45, 7) is 10.8. The normalized spacial score (nSPS) is 25.2. The number of para-hydroxylation sites is 1. The van der Waals surface area contributed by atoms with Crippen molar-refractivity contribution in [1.29, 1.82) is 0 Å². The number of carbonyl (C=O) groups excluding carboxylic acids is 4. The lowest BCUT2D eigenvalue weighted by Gasteiger charge is -2.39. The number of carbonyl (C=O) groups is 4. The third-order valence-corrected chi connectivity index (χ3v) is 10.2. The smallest absolute Gasteiger partial charge is 0.306 e. The molecule has 0 unspecified atom stereocenters. The maximum absolute atomic E-state index is 14.8. The van der Waals surface area contributed by atoms with E-state index < -0.39 is 65.4 Å². The van der Waals surface area contributed by atoms with Crippen LogP contribution in [0, 0.1) is 18.8 Å². The number of aliphatic hydroxyl groups is 1. The SMILES string of the molecule is C=CCCC(=O)OC[C@@H](NC(=O)[C@@H]1[C@@H]2CC[C@]3(O2)[C@H](C(=O)N(CC=C)c2c(C)cccc2Cl)N([C@@H](CC)CO)C(=O)[C@@H]13)c1ccccc1. The summed E-state index contributed by atoms with van der Waals surface area (Å²) in [5, 5.41) is 13.8. The molecule has 3 aliphatic heterocycles. The molecule has 256 valence electrons. The number of allylic oxidation sites excluding steroid dienone is 1. The fourth-order valence-electron chi connectivity index (χ4n) is 7.65. The summed E-state index contributed by atoms with van der Waals surface area (Å²) in [7, 11) is 0. The zero-order chi connectivity index (χ0) is 34.6. The number of amides is 3. The second-order valence-corrected chi connectivity index (χ2v) is 13.1. The summed E-state index contributed by atoms with van der Waals surface area (Å²) in [6.07, 6.45) is 4.50. The largest absolute Gasteiger partial charge is 0.463 e. The summed E-state index contributed by atoms with van der Waals surface area (Å²) in [4.78, 5) is 59.0. The van der Waals surface area contributed by atoms with Gasteiger partial charge in [-0.15, -0.1) is 13.2 Å². The first-order valence-electron chi connectivity index (χ1n) is 16.5. The van der Waals surface area contributed by atoms with Gasteiger partial charge in [0.25, 0.3) is 5.91 Å². The number of fused-ring (bicyclic) bond motifs is 1. The summed E-state index contributed by atoms with van der Waals surface area (Å²) in [5.41, 5.74) is 0.707. The number of rotatable bonds is 15. The number of benzene rings is 2. The molecule has 2 aromatic rings. The minimum Gasteiger partial charge on any atom is -0.463 e. The minimum absolute atomic E-state index is 0.100. The molecule has 2 N–H and O–H groups in total. The Labute approximate surface area is 286 Å². The number of aryl methyl sites for hydroxylation is 1. The topological polar surface area (TPSA) is 125 Å². The van der Waals surface area contributed by atoms with Gasteiger partial charge in [0.15, 0.2) is 0 Å². The summed E-state index contributed by atoms with van der Waals surface area (Å²) in [6, 6.07) is 12.0. The lowest BCUT2D eigenvalue weighted by molar-refractivity contribution is -0.146. The predicted molar refractivity (Wildman–Crippen MR) is 182 cm³/mol. The van der Waals surface area contributed by atoms with Crippen LogP contribution in [0.15, 0.2) is 73.8 Å². The molecule has 0 radical (unpaired) electrons. The molecule has 2 bridgehead atoms. The first-order valence-corrected chi connectivity index (χ1v) is 16.9. The minimum atomic E-state index is -1.29. The molecule has 0 aliphatic carbocycles. The standard InChI is InChI=1S/C37H44ClN3O7/c1-5-8-17-29(43)47-22-27(24-14-10-9-11-15-24)39-34(44)30-28-18-19-37(48-28)31(30)35(45)41(25(7-3)21-42)33(37)36(46)40(20-6-2)32-23(4)13-12-16-26(32)38/h5-6,9-16,25,27-28,30-31,33,42H,1-2,7-8,17-22H2,3-4H3,(H,39,44)/t25-,27+,28-,30+,31+,33-,37+/m0/s1. The van der Waals surface area contributed by atoms with E-state index in [-0.39, 0.29) is 26.2 Å². The number of aliphatic hydroxyl groups excluding tert-OH is 1. The second kappa shape index (κ2) is 15.1. The van der Waals surface area contributed by atoms with Gasteiger partial charge in [-0.2, -0.15) is 0 Å². The number of likely N-dealkylation sites (tertiary alicyclic amines) is 1. The Kier molecular flexibility index (Phi) is 11.1. The predicted octanol–water partition coefficient (Wildman–Crippen LogP) is 4.68. The van der Waals surface area contributed by atoms with Crippen LogP contribution in [0.1, 0.15) is 56.2 Å². The molecule has 1 spiro atoms.